The van der Waals surface area contributed by atoms with E-state index in [1.165, 1.54) is 18.7 Å². The molecule has 2 N–H and O–H groups in total. The molecule has 100 valence electrons. The summed E-state index contributed by atoms with van der Waals surface area (Å²) in [6.45, 7) is 1.70. The smallest absolute Gasteiger partial charge is 0.258 e. The summed E-state index contributed by atoms with van der Waals surface area (Å²) < 4.78 is 0. The van der Waals surface area contributed by atoms with Crippen molar-refractivity contribution in [2.75, 3.05) is 11.9 Å². The molecule has 0 bridgehead atoms. The minimum atomic E-state index is -0.304. The third-order valence-corrected chi connectivity index (χ3v) is 2.55. The fraction of sp³-hybridized carbons (Fsp3) is 0.133. The summed E-state index contributed by atoms with van der Waals surface area (Å²) in [5, 5.41) is 11.5. The number of rotatable bonds is 2. The van der Waals surface area contributed by atoms with Crippen LogP contribution in [0.4, 0.5) is 5.69 Å². The highest BCUT2D eigenvalue weighted by molar-refractivity contribution is 6.04. The van der Waals surface area contributed by atoms with Crippen molar-refractivity contribution in [3.63, 3.8) is 0 Å². The van der Waals surface area contributed by atoms with E-state index in [4.69, 9.17) is 5.11 Å². The minimum Gasteiger partial charge on any atom is -0.384 e. The molecule has 1 heterocycles. The Morgan fingerprint density at radius 1 is 1.35 bits per heavy atom. The average molecular weight is 267 g/mol. The maximum Gasteiger partial charge on any atom is 0.258 e. The Labute approximate surface area is 116 Å². The summed E-state index contributed by atoms with van der Waals surface area (Å²) in [6.07, 6.45) is 4.24. The van der Waals surface area contributed by atoms with Gasteiger partial charge in [0, 0.05) is 18.0 Å². The molecule has 20 heavy (non-hydrogen) atoms. The Balaban J connectivity index is 2.27. The van der Waals surface area contributed by atoms with Gasteiger partial charge < -0.3 is 10.4 Å². The number of aromatic nitrogens is 2. The SMILES string of the molecule is Cc1ccc(NC(=O)c2cncnc2)c(C#CCO)c1. The average Bonchev–Trinajstić information content (AvgIpc) is 2.48. The van der Waals surface area contributed by atoms with Crippen LogP contribution in [-0.2, 0) is 0 Å². The Morgan fingerprint density at radius 3 is 2.80 bits per heavy atom. The molecule has 0 aliphatic rings. The van der Waals surface area contributed by atoms with Gasteiger partial charge in [0.15, 0.2) is 0 Å². The zero-order chi connectivity index (χ0) is 14.4. The third kappa shape index (κ3) is 3.40. The predicted octanol–water partition coefficient (Wildman–Crippen LogP) is 1.38. The van der Waals surface area contributed by atoms with E-state index >= 15 is 0 Å². The molecule has 5 nitrogen and oxygen atoms in total. The summed E-state index contributed by atoms with van der Waals surface area (Å²) in [5.74, 6) is 5.09. The van der Waals surface area contributed by atoms with Crippen molar-refractivity contribution in [2.24, 2.45) is 0 Å². The van der Waals surface area contributed by atoms with Gasteiger partial charge in [-0.1, -0.05) is 17.9 Å². The van der Waals surface area contributed by atoms with Gasteiger partial charge in [-0.2, -0.15) is 0 Å². The van der Waals surface area contributed by atoms with E-state index in [-0.39, 0.29) is 12.5 Å². The van der Waals surface area contributed by atoms with Crippen LogP contribution in [0.15, 0.2) is 36.9 Å². The number of hydrogen-bond donors (Lipinski definition) is 2. The fourth-order valence-electron chi connectivity index (χ4n) is 1.62. The van der Waals surface area contributed by atoms with Crippen molar-refractivity contribution in [3.8, 4) is 11.8 Å². The van der Waals surface area contributed by atoms with Gasteiger partial charge in [0.1, 0.15) is 12.9 Å². The number of benzene rings is 1. The summed E-state index contributed by atoms with van der Waals surface area (Å²) >= 11 is 0. The van der Waals surface area contributed by atoms with E-state index < -0.39 is 0 Å². The molecule has 0 saturated heterocycles. The lowest BCUT2D eigenvalue weighted by Crippen LogP contribution is -2.13. The number of anilines is 1. The van der Waals surface area contributed by atoms with Crippen molar-refractivity contribution in [1.82, 2.24) is 9.97 Å². The molecule has 0 radical (unpaired) electrons. The van der Waals surface area contributed by atoms with Crippen LogP contribution in [0.25, 0.3) is 0 Å². The molecule has 0 spiro atoms. The standard InChI is InChI=1S/C15H13N3O2/c1-11-4-5-14(12(7-11)3-2-6-19)18-15(20)13-8-16-10-17-9-13/h4-5,7-10,19H,6H2,1H3,(H,18,20). The van der Waals surface area contributed by atoms with Crippen LogP contribution in [0.2, 0.25) is 0 Å². The number of amides is 1. The van der Waals surface area contributed by atoms with E-state index in [9.17, 15) is 4.79 Å². The number of carbonyl (C=O) groups excluding carboxylic acids is 1. The van der Waals surface area contributed by atoms with E-state index in [1.807, 2.05) is 19.1 Å². The zero-order valence-corrected chi connectivity index (χ0v) is 10.9. The predicted molar refractivity (Wildman–Crippen MR) is 75.1 cm³/mol. The first-order valence-electron chi connectivity index (χ1n) is 5.97. The van der Waals surface area contributed by atoms with Gasteiger partial charge in [-0.05, 0) is 24.6 Å². The largest absolute Gasteiger partial charge is 0.384 e. The number of carbonyl (C=O) groups is 1. The number of aryl methyl sites for hydroxylation is 1. The van der Waals surface area contributed by atoms with Crippen LogP contribution in [0.1, 0.15) is 21.5 Å². The molecule has 1 aromatic heterocycles. The van der Waals surface area contributed by atoms with Crippen LogP contribution >= 0.6 is 0 Å². The first kappa shape index (κ1) is 13.7. The monoisotopic (exact) mass is 267 g/mol. The quantitative estimate of drug-likeness (QED) is 0.806. The van der Waals surface area contributed by atoms with E-state index in [0.29, 0.717) is 16.8 Å². The number of aliphatic hydroxyl groups is 1. The molecular weight excluding hydrogens is 254 g/mol. The van der Waals surface area contributed by atoms with Crippen LogP contribution in [0.3, 0.4) is 0 Å². The molecule has 0 aliphatic heterocycles. The first-order valence-corrected chi connectivity index (χ1v) is 5.97. The van der Waals surface area contributed by atoms with E-state index in [2.05, 4.69) is 27.1 Å². The molecule has 2 rings (SSSR count). The number of aliphatic hydroxyl groups excluding tert-OH is 1. The van der Waals surface area contributed by atoms with E-state index in [1.54, 1.807) is 6.07 Å². The zero-order valence-electron chi connectivity index (χ0n) is 10.9. The highest BCUT2D eigenvalue weighted by atomic mass is 16.2. The molecular formula is C15H13N3O2. The molecule has 5 heteroatoms. The van der Waals surface area contributed by atoms with E-state index in [0.717, 1.165) is 5.56 Å². The summed E-state index contributed by atoms with van der Waals surface area (Å²) in [4.78, 5) is 19.6. The molecule has 1 aromatic carbocycles. The van der Waals surface area contributed by atoms with Crippen LogP contribution in [0, 0.1) is 18.8 Å². The molecule has 0 aliphatic carbocycles. The van der Waals surface area contributed by atoms with Gasteiger partial charge in [0.2, 0.25) is 0 Å². The van der Waals surface area contributed by atoms with Gasteiger partial charge in [-0.25, -0.2) is 9.97 Å². The van der Waals surface area contributed by atoms with Crippen molar-refractivity contribution >= 4 is 11.6 Å². The topological polar surface area (TPSA) is 75.1 Å². The molecule has 0 atom stereocenters. The summed E-state index contributed by atoms with van der Waals surface area (Å²) in [7, 11) is 0. The highest BCUT2D eigenvalue weighted by Crippen LogP contribution is 2.17. The lowest BCUT2D eigenvalue weighted by molar-refractivity contribution is 0.102. The molecule has 0 saturated carbocycles. The Bertz CT molecular complexity index is 673. The lowest BCUT2D eigenvalue weighted by atomic mass is 10.1. The van der Waals surface area contributed by atoms with Gasteiger partial charge in [0.25, 0.3) is 5.91 Å². The lowest BCUT2D eigenvalue weighted by Gasteiger charge is -2.08. The normalized spacial score (nSPS) is 9.50. The first-order chi connectivity index (χ1) is 9.70. The highest BCUT2D eigenvalue weighted by Gasteiger charge is 2.08. The van der Waals surface area contributed by atoms with Crippen LogP contribution in [0.5, 0.6) is 0 Å². The van der Waals surface area contributed by atoms with Crippen molar-refractivity contribution in [1.29, 1.82) is 0 Å². The summed E-state index contributed by atoms with van der Waals surface area (Å²) in [5.41, 5.74) is 2.64. The Hall–Kier alpha value is -2.71. The molecule has 0 unspecified atom stereocenters. The number of nitrogens with zero attached hydrogens (tertiary/aromatic N) is 2. The van der Waals surface area contributed by atoms with Crippen molar-refractivity contribution in [2.45, 2.75) is 6.92 Å². The second-order valence-electron chi connectivity index (χ2n) is 4.09. The van der Waals surface area contributed by atoms with Gasteiger partial charge in [-0.3, -0.25) is 4.79 Å². The van der Waals surface area contributed by atoms with Crippen molar-refractivity contribution < 1.29 is 9.90 Å². The number of nitrogens with one attached hydrogen (secondary N) is 1. The van der Waals surface area contributed by atoms with Crippen molar-refractivity contribution in [3.05, 3.63) is 53.6 Å². The van der Waals surface area contributed by atoms with Crippen LogP contribution in [-0.4, -0.2) is 27.6 Å². The fourth-order valence-corrected chi connectivity index (χ4v) is 1.62. The maximum atomic E-state index is 12.0. The molecule has 2 aromatic rings. The minimum absolute atomic E-state index is 0.228. The van der Waals surface area contributed by atoms with Crippen LogP contribution < -0.4 is 5.32 Å². The van der Waals surface area contributed by atoms with Gasteiger partial charge >= 0.3 is 0 Å². The second kappa shape index (κ2) is 6.45. The summed E-state index contributed by atoms with van der Waals surface area (Å²) in [6, 6.07) is 5.50. The second-order valence-corrected chi connectivity index (χ2v) is 4.09. The molecule has 1 amide bonds. The Morgan fingerprint density at radius 2 is 2.10 bits per heavy atom. The maximum absolute atomic E-state index is 12.0. The van der Waals surface area contributed by atoms with Gasteiger partial charge in [0.05, 0.1) is 11.3 Å². The molecule has 0 fully saturated rings. The van der Waals surface area contributed by atoms with Gasteiger partial charge in [-0.15, -0.1) is 0 Å². The third-order valence-electron chi connectivity index (χ3n) is 2.55. The number of hydrogen-bond acceptors (Lipinski definition) is 4. The Kier molecular flexibility index (Phi) is 4.43.